The molecule has 0 radical (unpaired) electrons. The van der Waals surface area contributed by atoms with Gasteiger partial charge in [0.2, 0.25) is 5.91 Å². The van der Waals surface area contributed by atoms with Crippen LogP contribution in [-0.4, -0.2) is 26.0 Å². The number of thiocarbonyl (C=S) groups is 1. The van der Waals surface area contributed by atoms with E-state index in [1.54, 1.807) is 23.0 Å². The molecule has 3 aromatic carbocycles. The van der Waals surface area contributed by atoms with Crippen LogP contribution in [0.4, 0.5) is 5.69 Å². The van der Waals surface area contributed by atoms with Crippen LogP contribution in [0.15, 0.2) is 78.9 Å². The van der Waals surface area contributed by atoms with Gasteiger partial charge in [0, 0.05) is 6.08 Å². The number of para-hydroxylation sites is 1. The summed E-state index contributed by atoms with van der Waals surface area (Å²) in [5, 5.41) is 15.0. The van der Waals surface area contributed by atoms with Crippen LogP contribution in [0.5, 0.6) is 0 Å². The van der Waals surface area contributed by atoms with Crippen LogP contribution in [0.25, 0.3) is 22.8 Å². The molecule has 0 atom stereocenters. The molecule has 0 fully saturated rings. The number of amides is 1. The maximum Gasteiger partial charge on any atom is 0.250 e. The quantitative estimate of drug-likeness (QED) is 0.363. The second-order valence-corrected chi connectivity index (χ2v) is 7.15. The number of halogens is 1. The van der Waals surface area contributed by atoms with Crippen LogP contribution in [0.1, 0.15) is 5.56 Å². The SMILES string of the molecule is O=C(C=Cc1ccccc1)NC(=S)Nc1cc2nn(-c3ccccc3)nc2cc1Cl. The van der Waals surface area contributed by atoms with Crippen molar-refractivity contribution in [2.45, 2.75) is 0 Å². The van der Waals surface area contributed by atoms with E-state index in [4.69, 9.17) is 23.8 Å². The lowest BCUT2D eigenvalue weighted by atomic mass is 10.2. The van der Waals surface area contributed by atoms with Crippen LogP contribution in [0, 0.1) is 0 Å². The predicted octanol–water partition coefficient (Wildman–Crippen LogP) is 4.60. The first kappa shape index (κ1) is 19.8. The van der Waals surface area contributed by atoms with Crippen molar-refractivity contribution in [3.05, 3.63) is 89.5 Å². The summed E-state index contributed by atoms with van der Waals surface area (Å²) in [5.74, 6) is -0.344. The lowest BCUT2D eigenvalue weighted by Crippen LogP contribution is -2.32. The number of fused-ring (bicyclic) bond motifs is 1. The average molecular weight is 434 g/mol. The summed E-state index contributed by atoms with van der Waals surface area (Å²) in [6, 6.07) is 22.5. The molecule has 2 N–H and O–H groups in total. The molecule has 1 aromatic heterocycles. The van der Waals surface area contributed by atoms with Gasteiger partial charge in [0.15, 0.2) is 5.11 Å². The van der Waals surface area contributed by atoms with Crippen molar-refractivity contribution in [2.75, 3.05) is 5.32 Å². The van der Waals surface area contributed by atoms with Crippen LogP contribution in [0.2, 0.25) is 5.02 Å². The molecule has 1 heterocycles. The fourth-order valence-electron chi connectivity index (χ4n) is 2.75. The van der Waals surface area contributed by atoms with E-state index in [9.17, 15) is 4.79 Å². The third kappa shape index (κ3) is 4.71. The van der Waals surface area contributed by atoms with Gasteiger partial charge in [-0.2, -0.15) is 4.80 Å². The average Bonchev–Trinajstić information content (AvgIpc) is 3.16. The number of nitrogens with zero attached hydrogens (tertiary/aromatic N) is 3. The van der Waals surface area contributed by atoms with Crippen LogP contribution in [-0.2, 0) is 4.79 Å². The first-order chi connectivity index (χ1) is 14.6. The Hall–Kier alpha value is -3.55. The van der Waals surface area contributed by atoms with Crippen molar-refractivity contribution < 1.29 is 4.79 Å². The second kappa shape index (κ2) is 8.86. The highest BCUT2D eigenvalue weighted by molar-refractivity contribution is 7.80. The topological polar surface area (TPSA) is 71.8 Å². The lowest BCUT2D eigenvalue weighted by Gasteiger charge is -2.09. The number of hydrogen-bond donors (Lipinski definition) is 2. The van der Waals surface area contributed by atoms with Crippen molar-refractivity contribution in [1.82, 2.24) is 20.3 Å². The summed E-state index contributed by atoms with van der Waals surface area (Å²) in [6.45, 7) is 0. The van der Waals surface area contributed by atoms with Crippen LogP contribution in [0.3, 0.4) is 0 Å². The van der Waals surface area contributed by atoms with Crippen molar-refractivity contribution in [3.63, 3.8) is 0 Å². The van der Waals surface area contributed by atoms with E-state index in [1.807, 2.05) is 60.7 Å². The molecule has 1 amide bonds. The van der Waals surface area contributed by atoms with Gasteiger partial charge in [-0.25, -0.2) is 0 Å². The minimum Gasteiger partial charge on any atom is -0.331 e. The summed E-state index contributed by atoms with van der Waals surface area (Å²) in [6.07, 6.45) is 3.12. The molecule has 0 spiro atoms. The summed E-state index contributed by atoms with van der Waals surface area (Å²) in [5.41, 5.74) is 3.58. The summed E-state index contributed by atoms with van der Waals surface area (Å²) in [7, 11) is 0. The predicted molar refractivity (Wildman–Crippen MR) is 124 cm³/mol. The molecule has 8 heteroatoms. The first-order valence-corrected chi connectivity index (χ1v) is 9.84. The van der Waals surface area contributed by atoms with Gasteiger partial charge < -0.3 is 5.32 Å². The molecule has 148 valence electrons. The molecule has 0 unspecified atom stereocenters. The molecule has 4 rings (SSSR count). The van der Waals surface area contributed by atoms with Crippen LogP contribution < -0.4 is 10.6 Å². The Balaban J connectivity index is 1.46. The first-order valence-electron chi connectivity index (χ1n) is 9.05. The highest BCUT2D eigenvalue weighted by atomic mass is 35.5. The molecule has 6 nitrogen and oxygen atoms in total. The number of carbonyl (C=O) groups excluding carboxylic acids is 1. The van der Waals surface area contributed by atoms with E-state index >= 15 is 0 Å². The number of nitrogens with one attached hydrogen (secondary N) is 2. The maximum absolute atomic E-state index is 12.1. The largest absolute Gasteiger partial charge is 0.331 e. The standard InChI is InChI=1S/C22H16ClN5OS/c23-17-13-19-20(27-28(26-19)16-9-5-2-6-10-16)14-18(17)24-22(30)25-21(29)12-11-15-7-3-1-4-8-15/h1-14H,(H2,24,25,29,30). The molecule has 0 saturated heterocycles. The Kier molecular flexibility index (Phi) is 5.83. The van der Waals surface area contributed by atoms with E-state index in [2.05, 4.69) is 20.8 Å². The highest BCUT2D eigenvalue weighted by Crippen LogP contribution is 2.27. The maximum atomic E-state index is 12.1. The molecular weight excluding hydrogens is 418 g/mol. The third-order valence-corrected chi connectivity index (χ3v) is 4.68. The fraction of sp³-hybridized carbons (Fsp3) is 0. The van der Waals surface area contributed by atoms with Crippen LogP contribution >= 0.6 is 23.8 Å². The van der Waals surface area contributed by atoms with Gasteiger partial charge in [-0.05, 0) is 48.1 Å². The number of hydrogen-bond acceptors (Lipinski definition) is 4. The Labute approximate surface area is 183 Å². The number of aromatic nitrogens is 3. The number of rotatable bonds is 4. The monoisotopic (exact) mass is 433 g/mol. The molecule has 0 aliphatic carbocycles. The Morgan fingerprint density at radius 2 is 1.60 bits per heavy atom. The molecule has 0 aliphatic rings. The van der Waals surface area contributed by atoms with Gasteiger partial charge in [0.1, 0.15) is 11.0 Å². The number of anilines is 1. The normalized spacial score (nSPS) is 11.0. The summed E-state index contributed by atoms with van der Waals surface area (Å²) in [4.78, 5) is 13.6. The Morgan fingerprint density at radius 3 is 2.30 bits per heavy atom. The number of carbonyl (C=O) groups is 1. The molecule has 0 aliphatic heterocycles. The van der Waals surface area contributed by atoms with E-state index in [0.29, 0.717) is 21.7 Å². The molecule has 0 saturated carbocycles. The zero-order valence-corrected chi connectivity index (χ0v) is 17.2. The van der Waals surface area contributed by atoms with Gasteiger partial charge in [-0.1, -0.05) is 60.1 Å². The second-order valence-electron chi connectivity index (χ2n) is 6.33. The molecule has 4 aromatic rings. The minimum atomic E-state index is -0.344. The van der Waals surface area contributed by atoms with E-state index < -0.39 is 0 Å². The smallest absolute Gasteiger partial charge is 0.250 e. The number of benzene rings is 3. The van der Waals surface area contributed by atoms with E-state index in [1.165, 1.54) is 6.08 Å². The fourth-order valence-corrected chi connectivity index (χ4v) is 3.17. The van der Waals surface area contributed by atoms with E-state index in [0.717, 1.165) is 11.3 Å². The third-order valence-electron chi connectivity index (χ3n) is 4.17. The molecule has 0 bridgehead atoms. The van der Waals surface area contributed by atoms with Gasteiger partial charge in [0.05, 0.1) is 16.4 Å². The minimum absolute atomic E-state index is 0.134. The van der Waals surface area contributed by atoms with Gasteiger partial charge in [-0.3, -0.25) is 10.1 Å². The molecule has 30 heavy (non-hydrogen) atoms. The van der Waals surface area contributed by atoms with Crippen molar-refractivity contribution >= 4 is 57.6 Å². The molecular formula is C22H16ClN5OS. The Bertz CT molecular complexity index is 1240. The summed E-state index contributed by atoms with van der Waals surface area (Å²) < 4.78 is 0. The summed E-state index contributed by atoms with van der Waals surface area (Å²) >= 11 is 11.6. The Morgan fingerprint density at radius 1 is 0.967 bits per heavy atom. The zero-order valence-electron chi connectivity index (χ0n) is 15.6. The van der Waals surface area contributed by atoms with E-state index in [-0.39, 0.29) is 11.0 Å². The van der Waals surface area contributed by atoms with Crippen molar-refractivity contribution in [2.24, 2.45) is 0 Å². The van der Waals surface area contributed by atoms with Gasteiger partial charge >= 0.3 is 0 Å². The zero-order chi connectivity index (χ0) is 20.9. The lowest BCUT2D eigenvalue weighted by molar-refractivity contribution is -0.115. The highest BCUT2D eigenvalue weighted by Gasteiger charge is 2.11. The van der Waals surface area contributed by atoms with Gasteiger partial charge in [0.25, 0.3) is 0 Å². The van der Waals surface area contributed by atoms with Gasteiger partial charge in [-0.15, -0.1) is 10.2 Å². The van der Waals surface area contributed by atoms with Crippen molar-refractivity contribution in [3.8, 4) is 5.69 Å². The van der Waals surface area contributed by atoms with Crippen molar-refractivity contribution in [1.29, 1.82) is 0 Å².